The summed E-state index contributed by atoms with van der Waals surface area (Å²) in [4.78, 5) is 0. The normalized spacial score (nSPS) is 15.2. The topological polar surface area (TPSA) is 9.23 Å². The van der Waals surface area contributed by atoms with E-state index < -0.39 is 0 Å². The lowest BCUT2D eigenvalue weighted by Crippen LogP contribution is -2.06. The third-order valence-electron chi connectivity index (χ3n) is 6.36. The van der Waals surface area contributed by atoms with Gasteiger partial charge in [-0.3, -0.25) is 0 Å². The predicted octanol–water partition coefficient (Wildman–Crippen LogP) is 7.72. The second-order valence-electron chi connectivity index (χ2n) is 7.98. The third kappa shape index (κ3) is 2.96. The van der Waals surface area contributed by atoms with Gasteiger partial charge in [0.25, 0.3) is 0 Å². The monoisotopic (exact) mass is 366 g/mol. The molecule has 0 bridgehead atoms. The zero-order valence-corrected chi connectivity index (χ0v) is 16.4. The first-order valence-corrected chi connectivity index (χ1v) is 10.4. The Hall–Kier alpha value is -2.80. The molecule has 0 saturated heterocycles. The number of ether oxygens (including phenoxy) is 1. The van der Waals surface area contributed by atoms with Crippen LogP contribution in [0, 0.1) is 0 Å². The Morgan fingerprint density at radius 2 is 1.46 bits per heavy atom. The largest absolute Gasteiger partial charge is 0.497 e. The highest BCUT2D eigenvalue weighted by molar-refractivity contribution is 6.08. The van der Waals surface area contributed by atoms with Crippen LogP contribution in [0.2, 0.25) is 0 Å². The SMILES string of the molecule is COc1ccc(-c2cccc3c(C4CCCCC4)c4ccccc4cc23)cc1. The maximum atomic E-state index is 5.35. The van der Waals surface area contributed by atoms with Gasteiger partial charge >= 0.3 is 0 Å². The van der Waals surface area contributed by atoms with Crippen LogP contribution in [0.4, 0.5) is 0 Å². The van der Waals surface area contributed by atoms with Crippen molar-refractivity contribution in [1.29, 1.82) is 0 Å². The van der Waals surface area contributed by atoms with Gasteiger partial charge in [-0.25, -0.2) is 0 Å². The van der Waals surface area contributed by atoms with E-state index in [1.165, 1.54) is 64.8 Å². The van der Waals surface area contributed by atoms with Gasteiger partial charge in [0.15, 0.2) is 0 Å². The lowest BCUT2D eigenvalue weighted by Gasteiger charge is -2.26. The van der Waals surface area contributed by atoms with Gasteiger partial charge in [0.1, 0.15) is 5.75 Å². The molecule has 1 saturated carbocycles. The molecular formula is C27H26O. The summed E-state index contributed by atoms with van der Waals surface area (Å²) in [6.07, 6.45) is 6.73. The van der Waals surface area contributed by atoms with Crippen LogP contribution in [0.5, 0.6) is 5.75 Å². The second kappa shape index (κ2) is 7.31. The third-order valence-corrected chi connectivity index (χ3v) is 6.36. The van der Waals surface area contributed by atoms with Gasteiger partial charge < -0.3 is 4.74 Å². The first kappa shape index (κ1) is 17.3. The van der Waals surface area contributed by atoms with E-state index in [1.54, 1.807) is 12.7 Å². The highest BCUT2D eigenvalue weighted by Gasteiger charge is 2.21. The van der Waals surface area contributed by atoms with E-state index in [-0.39, 0.29) is 0 Å². The standard InChI is InChI=1S/C27H26O/c1-28-22-16-14-19(15-17-22)23-12-7-13-25-26(23)18-21-10-5-6-11-24(21)27(25)20-8-3-2-4-9-20/h5-7,10-18,20H,2-4,8-9H2,1H3. The van der Waals surface area contributed by atoms with Crippen molar-refractivity contribution in [3.63, 3.8) is 0 Å². The number of hydrogen-bond acceptors (Lipinski definition) is 1. The summed E-state index contributed by atoms with van der Waals surface area (Å²) < 4.78 is 5.35. The van der Waals surface area contributed by atoms with Gasteiger partial charge in [0, 0.05) is 0 Å². The summed E-state index contributed by atoms with van der Waals surface area (Å²) in [5, 5.41) is 5.59. The molecule has 140 valence electrons. The Morgan fingerprint density at radius 1 is 0.714 bits per heavy atom. The van der Waals surface area contributed by atoms with Gasteiger partial charge in [0.2, 0.25) is 0 Å². The van der Waals surface area contributed by atoms with Crippen molar-refractivity contribution >= 4 is 21.5 Å². The highest BCUT2D eigenvalue weighted by atomic mass is 16.5. The molecule has 28 heavy (non-hydrogen) atoms. The molecular weight excluding hydrogens is 340 g/mol. The minimum absolute atomic E-state index is 0.675. The van der Waals surface area contributed by atoms with Crippen LogP contribution in [-0.4, -0.2) is 7.11 Å². The van der Waals surface area contributed by atoms with Crippen LogP contribution in [-0.2, 0) is 0 Å². The van der Waals surface area contributed by atoms with Crippen molar-refractivity contribution in [2.45, 2.75) is 38.0 Å². The Morgan fingerprint density at radius 3 is 2.25 bits per heavy atom. The van der Waals surface area contributed by atoms with E-state index in [0.29, 0.717) is 5.92 Å². The molecule has 1 aliphatic rings. The van der Waals surface area contributed by atoms with Crippen LogP contribution < -0.4 is 4.74 Å². The average Bonchev–Trinajstić information content (AvgIpc) is 2.78. The molecule has 4 aromatic rings. The summed E-state index contributed by atoms with van der Waals surface area (Å²) in [5.74, 6) is 1.57. The summed E-state index contributed by atoms with van der Waals surface area (Å²) in [6, 6.07) is 26.6. The first-order valence-electron chi connectivity index (χ1n) is 10.4. The molecule has 0 aliphatic heterocycles. The first-order chi connectivity index (χ1) is 13.8. The summed E-state index contributed by atoms with van der Waals surface area (Å²) in [6.45, 7) is 0. The Labute approximate surface area is 167 Å². The smallest absolute Gasteiger partial charge is 0.118 e. The van der Waals surface area contributed by atoms with E-state index >= 15 is 0 Å². The van der Waals surface area contributed by atoms with Crippen LogP contribution >= 0.6 is 0 Å². The number of benzene rings is 4. The molecule has 0 amide bonds. The minimum atomic E-state index is 0.675. The van der Waals surface area contributed by atoms with Gasteiger partial charge in [-0.05, 0) is 75.2 Å². The van der Waals surface area contributed by atoms with E-state index in [9.17, 15) is 0 Å². The highest BCUT2D eigenvalue weighted by Crippen LogP contribution is 2.43. The van der Waals surface area contributed by atoms with Gasteiger partial charge in [-0.2, -0.15) is 0 Å². The Bertz CT molecular complexity index is 1120. The van der Waals surface area contributed by atoms with E-state index in [0.717, 1.165) is 5.75 Å². The Kier molecular flexibility index (Phi) is 4.52. The molecule has 0 atom stereocenters. The van der Waals surface area contributed by atoms with E-state index in [4.69, 9.17) is 4.74 Å². The number of fused-ring (bicyclic) bond motifs is 2. The van der Waals surface area contributed by atoms with Crippen molar-refractivity contribution < 1.29 is 4.74 Å². The van der Waals surface area contributed by atoms with Crippen LogP contribution in [0.25, 0.3) is 32.7 Å². The van der Waals surface area contributed by atoms with Crippen molar-refractivity contribution in [2.75, 3.05) is 7.11 Å². The molecule has 0 radical (unpaired) electrons. The second-order valence-corrected chi connectivity index (χ2v) is 7.98. The summed E-state index contributed by atoms with van der Waals surface area (Å²) >= 11 is 0. The predicted molar refractivity (Wildman–Crippen MR) is 119 cm³/mol. The molecule has 0 spiro atoms. The lowest BCUT2D eigenvalue weighted by atomic mass is 9.79. The molecule has 0 heterocycles. The lowest BCUT2D eigenvalue weighted by molar-refractivity contribution is 0.415. The summed E-state index contributed by atoms with van der Waals surface area (Å²) in [5.41, 5.74) is 4.13. The zero-order valence-electron chi connectivity index (χ0n) is 16.4. The van der Waals surface area contributed by atoms with Crippen molar-refractivity contribution in [2.24, 2.45) is 0 Å². The molecule has 0 unspecified atom stereocenters. The molecule has 4 aromatic carbocycles. The fourth-order valence-corrected chi connectivity index (χ4v) is 4.98. The minimum Gasteiger partial charge on any atom is -0.497 e. The fourth-order valence-electron chi connectivity index (χ4n) is 4.98. The summed E-state index contributed by atoms with van der Waals surface area (Å²) in [7, 11) is 1.72. The van der Waals surface area contributed by atoms with Gasteiger partial charge in [0.05, 0.1) is 7.11 Å². The van der Waals surface area contributed by atoms with Crippen LogP contribution in [0.1, 0.15) is 43.6 Å². The van der Waals surface area contributed by atoms with Gasteiger partial charge in [-0.15, -0.1) is 0 Å². The number of methoxy groups -OCH3 is 1. The molecule has 5 rings (SSSR count). The van der Waals surface area contributed by atoms with Crippen molar-refractivity contribution in [3.8, 4) is 16.9 Å². The zero-order chi connectivity index (χ0) is 18.9. The fraction of sp³-hybridized carbons (Fsp3) is 0.259. The van der Waals surface area contributed by atoms with Crippen LogP contribution in [0.3, 0.4) is 0 Å². The molecule has 1 heteroatoms. The molecule has 0 N–H and O–H groups in total. The molecule has 1 fully saturated rings. The molecule has 0 aromatic heterocycles. The maximum Gasteiger partial charge on any atom is 0.118 e. The van der Waals surface area contributed by atoms with Crippen molar-refractivity contribution in [3.05, 3.63) is 78.4 Å². The number of rotatable bonds is 3. The maximum absolute atomic E-state index is 5.35. The van der Waals surface area contributed by atoms with Gasteiger partial charge in [-0.1, -0.05) is 73.9 Å². The van der Waals surface area contributed by atoms with E-state index in [1.807, 2.05) is 0 Å². The average molecular weight is 367 g/mol. The van der Waals surface area contributed by atoms with Crippen LogP contribution in [0.15, 0.2) is 72.8 Å². The molecule has 1 nitrogen and oxygen atoms in total. The molecule has 1 aliphatic carbocycles. The van der Waals surface area contributed by atoms with E-state index in [2.05, 4.69) is 72.8 Å². The Balaban J connectivity index is 1.78. The number of hydrogen-bond donors (Lipinski definition) is 0. The van der Waals surface area contributed by atoms with Crippen molar-refractivity contribution in [1.82, 2.24) is 0 Å². The quantitative estimate of drug-likeness (QED) is 0.337.